The van der Waals surface area contributed by atoms with Crippen molar-refractivity contribution in [2.45, 2.75) is 4.90 Å². The van der Waals surface area contributed by atoms with Gasteiger partial charge < -0.3 is 9.47 Å². The summed E-state index contributed by atoms with van der Waals surface area (Å²) in [7, 11) is -1.15. The van der Waals surface area contributed by atoms with Gasteiger partial charge in [-0.3, -0.25) is 9.36 Å². The summed E-state index contributed by atoms with van der Waals surface area (Å²) in [5, 5.41) is 0.772. The minimum Gasteiger partial charge on any atom is -0.497 e. The Hall–Kier alpha value is -4.48. The van der Waals surface area contributed by atoms with Gasteiger partial charge >= 0.3 is 0 Å². The summed E-state index contributed by atoms with van der Waals surface area (Å²) in [4.78, 5) is 20.7. The molecule has 1 N–H and O–H groups in total. The summed E-state index contributed by atoms with van der Waals surface area (Å²) in [5.74, 6) is -0.0608. The van der Waals surface area contributed by atoms with Gasteiger partial charge in [-0.15, -0.1) is 0 Å². The van der Waals surface area contributed by atoms with Gasteiger partial charge in [-0.05, 0) is 60.2 Å². The maximum absolute atomic E-state index is 15.5. The van der Waals surface area contributed by atoms with E-state index in [1.165, 1.54) is 73.6 Å². The molecule has 0 aliphatic heterocycles. The van der Waals surface area contributed by atoms with E-state index in [0.717, 1.165) is 0 Å². The fourth-order valence-electron chi connectivity index (χ4n) is 4.11. The van der Waals surface area contributed by atoms with E-state index in [4.69, 9.17) is 21.1 Å². The first-order valence-electron chi connectivity index (χ1n) is 11.4. The maximum atomic E-state index is 15.5. The van der Waals surface area contributed by atoms with Gasteiger partial charge in [0.1, 0.15) is 17.3 Å². The zero-order chi connectivity index (χ0) is 27.7. The quantitative estimate of drug-likeness (QED) is 0.293. The van der Waals surface area contributed by atoms with Crippen molar-refractivity contribution in [3.05, 3.63) is 100 Å². The first-order chi connectivity index (χ1) is 18.7. The molecular weight excluding hydrogens is 547 g/mol. The highest BCUT2D eigenvalue weighted by molar-refractivity contribution is 7.92. The number of pyridine rings is 1. The van der Waals surface area contributed by atoms with Gasteiger partial charge in [-0.2, -0.15) is 0 Å². The van der Waals surface area contributed by atoms with E-state index in [1.807, 2.05) is 0 Å². The molecule has 9 nitrogen and oxygen atoms in total. The second-order valence-electron chi connectivity index (χ2n) is 8.29. The highest BCUT2D eigenvalue weighted by atomic mass is 35.5. The Bertz CT molecular complexity index is 1880. The van der Waals surface area contributed by atoms with Crippen molar-refractivity contribution < 1.29 is 22.3 Å². The minimum absolute atomic E-state index is 0.0731. The average molecular weight is 567 g/mol. The number of aromatic nitrogens is 3. The Labute approximate surface area is 227 Å². The van der Waals surface area contributed by atoms with Gasteiger partial charge in [-0.25, -0.2) is 27.5 Å². The molecule has 0 atom stereocenters. The van der Waals surface area contributed by atoms with Crippen LogP contribution in [-0.4, -0.2) is 37.2 Å². The molecule has 0 spiro atoms. The number of rotatable bonds is 7. The first-order valence-corrected chi connectivity index (χ1v) is 13.2. The summed E-state index contributed by atoms with van der Waals surface area (Å²) in [5.41, 5.74) is 0.648. The number of nitrogens with zero attached hydrogens (tertiary/aromatic N) is 3. The number of halogens is 2. The smallest absolute Gasteiger partial charge is 0.264 e. The lowest BCUT2D eigenvalue weighted by molar-refractivity contribution is 0.411. The monoisotopic (exact) mass is 566 g/mol. The average Bonchev–Trinajstić information content (AvgIpc) is 2.92. The van der Waals surface area contributed by atoms with Crippen LogP contribution in [-0.2, 0) is 10.0 Å². The van der Waals surface area contributed by atoms with Gasteiger partial charge in [0, 0.05) is 40.5 Å². The Morgan fingerprint density at radius 1 is 0.949 bits per heavy atom. The summed E-state index contributed by atoms with van der Waals surface area (Å²) in [6.07, 6.45) is 2.81. The third-order valence-corrected chi connectivity index (χ3v) is 7.44. The molecule has 5 aromatic rings. The predicted molar refractivity (Wildman–Crippen MR) is 146 cm³/mol. The number of benzene rings is 3. The third-order valence-electron chi connectivity index (χ3n) is 5.89. The largest absolute Gasteiger partial charge is 0.497 e. The fraction of sp³-hybridized carbons (Fsp3) is 0.0741. The molecule has 0 amide bonds. The van der Waals surface area contributed by atoms with Gasteiger partial charge in [0.25, 0.3) is 15.6 Å². The topological polar surface area (TPSA) is 112 Å². The molecule has 0 saturated carbocycles. The minimum atomic E-state index is -4.03. The zero-order valence-corrected chi connectivity index (χ0v) is 22.1. The molecule has 2 heterocycles. The van der Waals surface area contributed by atoms with Gasteiger partial charge in [0.15, 0.2) is 0 Å². The summed E-state index contributed by atoms with van der Waals surface area (Å²) in [6.45, 7) is 0. The van der Waals surface area contributed by atoms with Crippen LogP contribution >= 0.6 is 11.6 Å². The highest BCUT2D eigenvalue weighted by Crippen LogP contribution is 2.36. The van der Waals surface area contributed by atoms with Crippen LogP contribution in [0, 0.1) is 5.82 Å². The Morgan fingerprint density at radius 3 is 2.44 bits per heavy atom. The van der Waals surface area contributed by atoms with Crippen LogP contribution < -0.4 is 19.8 Å². The Balaban J connectivity index is 1.63. The number of hydrogen-bond acceptors (Lipinski definition) is 7. The lowest BCUT2D eigenvalue weighted by atomic mass is 10.0. The normalized spacial score (nSPS) is 11.4. The van der Waals surface area contributed by atoms with Crippen LogP contribution in [0.5, 0.6) is 11.5 Å². The van der Waals surface area contributed by atoms with E-state index in [9.17, 15) is 13.2 Å². The van der Waals surface area contributed by atoms with E-state index >= 15 is 4.39 Å². The summed E-state index contributed by atoms with van der Waals surface area (Å²) >= 11 is 6.17. The van der Waals surface area contributed by atoms with Crippen molar-refractivity contribution in [1.82, 2.24) is 14.5 Å². The number of sulfonamides is 1. The number of ether oxygens (including phenoxy) is 2. The summed E-state index contributed by atoms with van der Waals surface area (Å²) < 4.78 is 55.7. The van der Waals surface area contributed by atoms with Crippen molar-refractivity contribution in [3.8, 4) is 28.3 Å². The predicted octanol–water partition coefficient (Wildman–Crippen LogP) is 5.06. The standard InChI is InChI=1S/C27H20ClFN4O5S/c1-37-19-11-17(10-18(28)13-19)21-14-25(38-2)24(15-22(21)29)33-23-6-5-20(12-16(23)4-7-26(33)34)39(35,36)32-27-30-8-3-9-31-27/h3-15H,1-2H3,(H,30,31,32). The van der Waals surface area contributed by atoms with Gasteiger partial charge in [-0.1, -0.05) is 11.6 Å². The number of hydrogen-bond donors (Lipinski definition) is 1. The van der Waals surface area contributed by atoms with Crippen LogP contribution in [0.15, 0.2) is 88.8 Å². The first kappa shape index (κ1) is 26.1. The molecule has 39 heavy (non-hydrogen) atoms. The highest BCUT2D eigenvalue weighted by Gasteiger charge is 2.20. The number of methoxy groups -OCH3 is 2. The van der Waals surface area contributed by atoms with Crippen molar-refractivity contribution in [1.29, 1.82) is 0 Å². The molecule has 3 aromatic carbocycles. The number of nitrogens with one attached hydrogen (secondary N) is 1. The molecular formula is C27H20ClFN4O5S. The molecule has 0 fully saturated rings. The second-order valence-corrected chi connectivity index (χ2v) is 10.4. The third kappa shape index (κ3) is 5.14. The number of anilines is 1. The molecule has 198 valence electrons. The molecule has 0 aliphatic rings. The van der Waals surface area contributed by atoms with Crippen LogP contribution in [0.2, 0.25) is 5.02 Å². The molecule has 0 unspecified atom stereocenters. The van der Waals surface area contributed by atoms with E-state index in [2.05, 4.69) is 14.7 Å². The van der Waals surface area contributed by atoms with Crippen LogP contribution in [0.4, 0.5) is 10.3 Å². The fourth-order valence-corrected chi connectivity index (χ4v) is 5.33. The van der Waals surface area contributed by atoms with E-state index in [0.29, 0.717) is 27.2 Å². The maximum Gasteiger partial charge on any atom is 0.264 e. The molecule has 0 saturated heterocycles. The molecule has 12 heteroatoms. The van der Waals surface area contributed by atoms with Crippen molar-refractivity contribution in [2.24, 2.45) is 0 Å². The van der Waals surface area contributed by atoms with Gasteiger partial charge in [0.05, 0.1) is 30.3 Å². The van der Waals surface area contributed by atoms with Crippen molar-refractivity contribution in [2.75, 3.05) is 18.9 Å². The number of fused-ring (bicyclic) bond motifs is 1. The van der Waals surface area contributed by atoms with E-state index in [1.54, 1.807) is 24.3 Å². The van der Waals surface area contributed by atoms with Crippen LogP contribution in [0.3, 0.4) is 0 Å². The Morgan fingerprint density at radius 2 is 1.72 bits per heavy atom. The SMILES string of the molecule is COc1cc(Cl)cc(-c2cc(OC)c(-n3c(=O)ccc4cc(S(=O)(=O)Nc5ncccn5)ccc43)cc2F)c1. The van der Waals surface area contributed by atoms with Crippen LogP contribution in [0.25, 0.3) is 27.7 Å². The van der Waals surface area contributed by atoms with Crippen molar-refractivity contribution in [3.63, 3.8) is 0 Å². The van der Waals surface area contributed by atoms with Gasteiger partial charge in [0.2, 0.25) is 5.95 Å². The summed E-state index contributed by atoms with van der Waals surface area (Å²) in [6, 6.07) is 16.0. The lowest BCUT2D eigenvalue weighted by Crippen LogP contribution is -2.19. The van der Waals surface area contributed by atoms with E-state index in [-0.39, 0.29) is 27.8 Å². The van der Waals surface area contributed by atoms with Crippen LogP contribution in [0.1, 0.15) is 0 Å². The van der Waals surface area contributed by atoms with Crippen molar-refractivity contribution >= 4 is 38.5 Å². The molecule has 2 aromatic heterocycles. The van der Waals surface area contributed by atoms with E-state index < -0.39 is 21.4 Å². The molecule has 5 rings (SSSR count). The second kappa shape index (κ2) is 10.4. The molecule has 0 radical (unpaired) electrons. The zero-order valence-electron chi connectivity index (χ0n) is 20.6. The molecule has 0 aliphatic carbocycles. The molecule has 0 bridgehead atoms. The lowest BCUT2D eigenvalue weighted by Gasteiger charge is -2.17. The Kier molecular flexibility index (Phi) is 6.94.